The SMILES string of the molecule is CCCCC(N)(CCCC)NC(=O)OCc1nc(C(C)C)c(Sc2cc(Cl)cc(Cl)c2)n1Cc1ccncc1. The Morgan fingerprint density at radius 3 is 2.28 bits per heavy atom. The van der Waals surface area contributed by atoms with Gasteiger partial charge in [-0.3, -0.25) is 4.98 Å². The molecule has 0 bridgehead atoms. The van der Waals surface area contributed by atoms with Gasteiger partial charge < -0.3 is 20.4 Å². The van der Waals surface area contributed by atoms with E-state index in [-0.39, 0.29) is 12.5 Å². The summed E-state index contributed by atoms with van der Waals surface area (Å²) in [5.74, 6) is 0.777. The summed E-state index contributed by atoms with van der Waals surface area (Å²) in [5, 5.41) is 5.00. The first kappa shape index (κ1) is 31.3. The Kier molecular flexibility index (Phi) is 12.0. The second kappa shape index (κ2) is 14.9. The molecule has 3 rings (SSSR count). The minimum absolute atomic E-state index is 0.00509. The molecule has 0 aliphatic carbocycles. The summed E-state index contributed by atoms with van der Waals surface area (Å²) in [6, 6.07) is 9.38. The number of ether oxygens (including phenoxy) is 1. The second-order valence-electron chi connectivity index (χ2n) is 10.1. The number of pyridine rings is 1. The molecule has 0 radical (unpaired) electrons. The van der Waals surface area contributed by atoms with E-state index in [1.165, 1.54) is 11.8 Å². The highest BCUT2D eigenvalue weighted by Gasteiger charge is 2.27. The predicted octanol–water partition coefficient (Wildman–Crippen LogP) is 8.17. The molecule has 0 unspecified atom stereocenters. The highest BCUT2D eigenvalue weighted by molar-refractivity contribution is 7.99. The topological polar surface area (TPSA) is 95.1 Å². The summed E-state index contributed by atoms with van der Waals surface area (Å²) in [6.45, 7) is 8.95. The standard InChI is InChI=1S/C29H39Cl2N5O2S/c1-5-7-11-29(32,12-8-6-2)35-28(37)38-19-25-34-26(20(3)4)27(36(25)18-21-9-13-33-14-10-21)39-24-16-22(30)15-23(31)17-24/h9-10,13-17,20H,5-8,11-12,18-19,32H2,1-4H3,(H,35,37). The molecule has 0 saturated heterocycles. The number of nitrogens with zero attached hydrogens (tertiary/aromatic N) is 3. The van der Waals surface area contributed by atoms with Gasteiger partial charge in [-0.25, -0.2) is 9.78 Å². The molecule has 1 aromatic carbocycles. The maximum Gasteiger partial charge on any atom is 0.409 e. The van der Waals surface area contributed by atoms with Gasteiger partial charge in [0.15, 0.2) is 6.61 Å². The number of imidazole rings is 1. The van der Waals surface area contributed by atoms with Crippen LogP contribution in [0.2, 0.25) is 10.0 Å². The van der Waals surface area contributed by atoms with Crippen molar-refractivity contribution in [3.8, 4) is 0 Å². The maximum absolute atomic E-state index is 12.9. The third-order valence-corrected chi connectivity index (χ3v) is 7.88. The van der Waals surface area contributed by atoms with E-state index in [9.17, 15) is 4.79 Å². The molecular formula is C29H39Cl2N5O2S. The largest absolute Gasteiger partial charge is 0.441 e. The molecular weight excluding hydrogens is 553 g/mol. The average molecular weight is 593 g/mol. The molecule has 212 valence electrons. The van der Waals surface area contributed by atoms with E-state index < -0.39 is 11.8 Å². The fourth-order valence-corrected chi connectivity index (χ4v) is 6.15. The van der Waals surface area contributed by atoms with Crippen molar-refractivity contribution in [3.63, 3.8) is 0 Å². The molecule has 0 atom stereocenters. The Bertz CT molecular complexity index is 1190. The third kappa shape index (κ3) is 9.41. The molecule has 39 heavy (non-hydrogen) atoms. The molecule has 7 nitrogen and oxygen atoms in total. The van der Waals surface area contributed by atoms with Gasteiger partial charge in [0.25, 0.3) is 0 Å². The molecule has 10 heteroatoms. The van der Waals surface area contributed by atoms with Crippen molar-refractivity contribution in [1.82, 2.24) is 19.9 Å². The maximum atomic E-state index is 12.9. The zero-order valence-corrected chi connectivity index (χ0v) is 25.5. The van der Waals surface area contributed by atoms with Crippen LogP contribution in [0.1, 0.15) is 89.2 Å². The van der Waals surface area contributed by atoms with Crippen LogP contribution in [0.25, 0.3) is 0 Å². The first-order valence-corrected chi connectivity index (χ1v) is 15.1. The Morgan fingerprint density at radius 2 is 1.72 bits per heavy atom. The number of halogens is 2. The Balaban J connectivity index is 1.90. The highest BCUT2D eigenvalue weighted by Crippen LogP contribution is 2.37. The van der Waals surface area contributed by atoms with Crippen molar-refractivity contribution >= 4 is 41.1 Å². The van der Waals surface area contributed by atoms with E-state index in [1.807, 2.05) is 24.3 Å². The first-order chi connectivity index (χ1) is 18.6. The molecule has 0 saturated carbocycles. The van der Waals surface area contributed by atoms with Gasteiger partial charge in [-0.1, -0.05) is 88.3 Å². The Labute approximate surface area is 246 Å². The normalized spacial score (nSPS) is 11.7. The van der Waals surface area contributed by atoms with E-state index in [1.54, 1.807) is 18.5 Å². The molecule has 2 aromatic heterocycles. The van der Waals surface area contributed by atoms with Gasteiger partial charge in [0.2, 0.25) is 0 Å². The van der Waals surface area contributed by atoms with E-state index in [2.05, 4.69) is 42.6 Å². The van der Waals surface area contributed by atoms with Crippen molar-refractivity contribution in [2.24, 2.45) is 5.73 Å². The van der Waals surface area contributed by atoms with Crippen LogP contribution in [0.4, 0.5) is 4.79 Å². The number of benzene rings is 1. The van der Waals surface area contributed by atoms with Crippen LogP contribution in [-0.4, -0.2) is 26.3 Å². The molecule has 0 aliphatic heterocycles. The molecule has 3 aromatic rings. The summed E-state index contributed by atoms with van der Waals surface area (Å²) in [6.07, 6.45) is 8.27. The van der Waals surface area contributed by atoms with Crippen LogP contribution in [0.3, 0.4) is 0 Å². The zero-order valence-electron chi connectivity index (χ0n) is 23.2. The van der Waals surface area contributed by atoms with Crippen molar-refractivity contribution in [1.29, 1.82) is 0 Å². The zero-order chi connectivity index (χ0) is 28.4. The third-order valence-electron chi connectivity index (χ3n) is 6.35. The number of alkyl carbamates (subject to hydrolysis) is 1. The van der Waals surface area contributed by atoms with Gasteiger partial charge in [-0.2, -0.15) is 0 Å². The van der Waals surface area contributed by atoms with Crippen molar-refractivity contribution in [2.75, 3.05) is 0 Å². The molecule has 0 spiro atoms. The number of carbonyl (C=O) groups excluding carboxylic acids is 1. The van der Waals surface area contributed by atoms with Gasteiger partial charge in [-0.05, 0) is 54.7 Å². The van der Waals surface area contributed by atoms with Crippen LogP contribution in [0, 0.1) is 0 Å². The lowest BCUT2D eigenvalue weighted by atomic mass is 9.97. The smallest absolute Gasteiger partial charge is 0.409 e. The van der Waals surface area contributed by atoms with Crippen molar-refractivity contribution in [3.05, 3.63) is 69.9 Å². The first-order valence-electron chi connectivity index (χ1n) is 13.5. The van der Waals surface area contributed by atoms with Gasteiger partial charge in [-0.15, -0.1) is 0 Å². The Hall–Kier alpha value is -2.26. The molecule has 3 N–H and O–H groups in total. The summed E-state index contributed by atoms with van der Waals surface area (Å²) in [4.78, 5) is 22.9. The lowest BCUT2D eigenvalue weighted by Crippen LogP contribution is -2.55. The van der Waals surface area contributed by atoms with Crippen molar-refractivity contribution < 1.29 is 9.53 Å². The van der Waals surface area contributed by atoms with Gasteiger partial charge >= 0.3 is 6.09 Å². The van der Waals surface area contributed by atoms with Crippen LogP contribution in [-0.2, 0) is 17.9 Å². The molecule has 0 fully saturated rings. The lowest BCUT2D eigenvalue weighted by Gasteiger charge is -2.30. The number of hydrogen-bond acceptors (Lipinski definition) is 6. The number of nitrogens with one attached hydrogen (secondary N) is 1. The summed E-state index contributed by atoms with van der Waals surface area (Å²) < 4.78 is 7.81. The monoisotopic (exact) mass is 591 g/mol. The van der Waals surface area contributed by atoms with E-state index in [0.29, 0.717) is 35.3 Å². The van der Waals surface area contributed by atoms with Gasteiger partial charge in [0, 0.05) is 27.3 Å². The average Bonchev–Trinajstić information content (AvgIpc) is 3.22. The number of unbranched alkanes of at least 4 members (excludes halogenated alkanes) is 2. The summed E-state index contributed by atoms with van der Waals surface area (Å²) >= 11 is 14.1. The van der Waals surface area contributed by atoms with Crippen LogP contribution in [0.15, 0.2) is 52.6 Å². The number of nitrogens with two attached hydrogens (primary N) is 1. The van der Waals surface area contributed by atoms with E-state index in [4.69, 9.17) is 38.7 Å². The van der Waals surface area contributed by atoms with E-state index >= 15 is 0 Å². The van der Waals surface area contributed by atoms with E-state index in [0.717, 1.165) is 46.9 Å². The van der Waals surface area contributed by atoms with Crippen LogP contribution < -0.4 is 11.1 Å². The number of amides is 1. The van der Waals surface area contributed by atoms with Crippen molar-refractivity contribution in [2.45, 2.75) is 101 Å². The van der Waals surface area contributed by atoms with Crippen LogP contribution >= 0.6 is 35.0 Å². The number of aromatic nitrogens is 3. The predicted molar refractivity (Wildman–Crippen MR) is 160 cm³/mol. The van der Waals surface area contributed by atoms with Crippen LogP contribution in [0.5, 0.6) is 0 Å². The minimum Gasteiger partial charge on any atom is -0.441 e. The summed E-state index contributed by atoms with van der Waals surface area (Å²) in [5.41, 5.74) is 7.76. The van der Waals surface area contributed by atoms with Gasteiger partial charge in [0.1, 0.15) is 10.9 Å². The number of rotatable bonds is 14. The lowest BCUT2D eigenvalue weighted by molar-refractivity contribution is 0.118. The fraction of sp³-hybridized carbons (Fsp3) is 0.483. The highest BCUT2D eigenvalue weighted by atomic mass is 35.5. The van der Waals surface area contributed by atoms with Gasteiger partial charge in [0.05, 0.1) is 17.9 Å². The quantitative estimate of drug-likeness (QED) is 0.183. The fourth-order valence-electron chi connectivity index (χ4n) is 4.23. The summed E-state index contributed by atoms with van der Waals surface area (Å²) in [7, 11) is 0. The molecule has 0 aliphatic rings. The Morgan fingerprint density at radius 1 is 1.10 bits per heavy atom. The second-order valence-corrected chi connectivity index (χ2v) is 12.0. The minimum atomic E-state index is -0.786. The number of hydrogen-bond donors (Lipinski definition) is 2. The number of carbonyl (C=O) groups is 1. The molecule has 1 amide bonds. The molecule has 2 heterocycles.